The predicted molar refractivity (Wildman–Crippen MR) is 113 cm³/mol. The third-order valence-corrected chi connectivity index (χ3v) is 5.00. The lowest BCUT2D eigenvalue weighted by Crippen LogP contribution is -2.49. The van der Waals surface area contributed by atoms with Gasteiger partial charge in [0.25, 0.3) is 0 Å². The first-order valence-electron chi connectivity index (χ1n) is 9.37. The highest BCUT2D eigenvalue weighted by molar-refractivity contribution is 7.09. The Balaban J connectivity index is 1.97. The lowest BCUT2D eigenvalue weighted by atomic mass is 10.1. The van der Waals surface area contributed by atoms with Crippen LogP contribution in [0.3, 0.4) is 0 Å². The average Bonchev–Trinajstić information content (AvgIpc) is 3.05. The molecule has 0 aliphatic carbocycles. The molecule has 28 heavy (non-hydrogen) atoms. The Morgan fingerprint density at radius 3 is 2.64 bits per heavy atom. The third kappa shape index (κ3) is 7.13. The Labute approximate surface area is 171 Å². The van der Waals surface area contributed by atoms with Gasteiger partial charge >= 0.3 is 6.03 Å². The van der Waals surface area contributed by atoms with Gasteiger partial charge in [-0.2, -0.15) is 0 Å². The quantitative estimate of drug-likeness (QED) is 0.711. The van der Waals surface area contributed by atoms with Crippen LogP contribution in [0.25, 0.3) is 0 Å². The molecule has 1 aromatic carbocycles. The van der Waals surface area contributed by atoms with Gasteiger partial charge in [0, 0.05) is 24.6 Å². The number of aryl methyl sites for hydroxylation is 2. The van der Waals surface area contributed by atoms with Gasteiger partial charge in [0.15, 0.2) is 0 Å². The summed E-state index contributed by atoms with van der Waals surface area (Å²) in [4.78, 5) is 18.9. The molecule has 1 aromatic heterocycles. The van der Waals surface area contributed by atoms with Crippen molar-refractivity contribution in [1.82, 2.24) is 15.2 Å². The predicted octanol–water partition coefficient (Wildman–Crippen LogP) is 4.30. The van der Waals surface area contributed by atoms with Gasteiger partial charge in [-0.15, -0.1) is 11.3 Å². The molecule has 7 heteroatoms. The van der Waals surface area contributed by atoms with Crippen molar-refractivity contribution in [2.24, 2.45) is 0 Å². The van der Waals surface area contributed by atoms with Crippen molar-refractivity contribution in [2.75, 3.05) is 20.3 Å². The molecule has 0 fully saturated rings. The molecule has 1 heterocycles. The molecule has 6 nitrogen and oxygen atoms in total. The lowest BCUT2D eigenvalue weighted by molar-refractivity contribution is 0.142. The number of nitrogens with zero attached hydrogens (tertiary/aromatic N) is 2. The van der Waals surface area contributed by atoms with Crippen LogP contribution in [0.15, 0.2) is 23.6 Å². The Morgan fingerprint density at radius 1 is 1.25 bits per heavy atom. The summed E-state index contributed by atoms with van der Waals surface area (Å²) in [5.41, 5.74) is 3.00. The maximum atomic E-state index is 12.6. The number of benzene rings is 1. The highest BCUT2D eigenvalue weighted by Gasteiger charge is 2.20. The number of methoxy groups -OCH3 is 1. The van der Waals surface area contributed by atoms with Crippen molar-refractivity contribution in [3.05, 3.63) is 45.4 Å². The number of rotatable bonds is 8. The monoisotopic (exact) mass is 405 g/mol. The molecular weight excluding hydrogens is 374 g/mol. The number of thiazole rings is 1. The molecule has 2 amide bonds. The van der Waals surface area contributed by atoms with Gasteiger partial charge in [-0.25, -0.2) is 9.78 Å². The van der Waals surface area contributed by atoms with E-state index < -0.39 is 0 Å². The normalized spacial score (nSPS) is 11.4. The molecule has 0 spiro atoms. The van der Waals surface area contributed by atoms with Crippen molar-refractivity contribution in [3.63, 3.8) is 0 Å². The van der Waals surface area contributed by atoms with Gasteiger partial charge in [0.2, 0.25) is 0 Å². The number of nitrogens with one attached hydrogen (secondary N) is 1. The van der Waals surface area contributed by atoms with E-state index >= 15 is 0 Å². The minimum atomic E-state index is -0.296. The second kappa shape index (κ2) is 9.89. The number of amides is 2. The van der Waals surface area contributed by atoms with Crippen LogP contribution in [0, 0.1) is 13.8 Å². The maximum absolute atomic E-state index is 12.6. The van der Waals surface area contributed by atoms with Crippen LogP contribution in [-0.2, 0) is 17.9 Å². The molecule has 2 rings (SSSR count). The minimum Gasteiger partial charge on any atom is -0.486 e. The van der Waals surface area contributed by atoms with Crippen LogP contribution in [0.2, 0.25) is 0 Å². The van der Waals surface area contributed by atoms with E-state index in [1.165, 1.54) is 11.1 Å². The van der Waals surface area contributed by atoms with Gasteiger partial charge in [-0.3, -0.25) is 0 Å². The Bertz CT molecular complexity index is 783. The van der Waals surface area contributed by atoms with Crippen LogP contribution in [-0.4, -0.2) is 41.7 Å². The van der Waals surface area contributed by atoms with E-state index in [0.29, 0.717) is 26.3 Å². The number of aromatic nitrogens is 1. The van der Waals surface area contributed by atoms with Crippen molar-refractivity contribution >= 4 is 17.4 Å². The first-order chi connectivity index (χ1) is 13.2. The highest BCUT2D eigenvalue weighted by atomic mass is 32.1. The number of ether oxygens (including phenoxy) is 2. The van der Waals surface area contributed by atoms with Crippen LogP contribution >= 0.6 is 11.3 Å². The van der Waals surface area contributed by atoms with E-state index in [9.17, 15) is 4.79 Å². The highest BCUT2D eigenvalue weighted by Crippen LogP contribution is 2.19. The molecular formula is C21H31N3O3S. The fourth-order valence-corrected chi connectivity index (χ4v) is 3.18. The Kier molecular flexibility index (Phi) is 7.83. The van der Waals surface area contributed by atoms with E-state index in [0.717, 1.165) is 16.5 Å². The molecule has 0 unspecified atom stereocenters. The fourth-order valence-electron chi connectivity index (χ4n) is 2.49. The standard InChI is InChI=1S/C21H31N3O3S/c1-15-7-8-18(11-16(15)2)27-13-19-22-17(14-28-19)12-24(9-10-26-6)20(25)23-21(3,4)5/h7-8,11,14H,9-10,12-13H2,1-6H3,(H,23,25). The largest absolute Gasteiger partial charge is 0.486 e. The van der Waals surface area contributed by atoms with Crippen LogP contribution in [0.4, 0.5) is 4.79 Å². The van der Waals surface area contributed by atoms with Crippen molar-refractivity contribution in [1.29, 1.82) is 0 Å². The second-order valence-electron chi connectivity index (χ2n) is 7.86. The maximum Gasteiger partial charge on any atom is 0.318 e. The molecule has 0 saturated carbocycles. The number of urea groups is 1. The van der Waals surface area contributed by atoms with Crippen molar-refractivity contribution in [2.45, 2.75) is 53.3 Å². The van der Waals surface area contributed by atoms with Crippen molar-refractivity contribution < 1.29 is 14.3 Å². The van der Waals surface area contributed by atoms with Crippen LogP contribution in [0.1, 0.15) is 42.6 Å². The van der Waals surface area contributed by atoms with E-state index in [4.69, 9.17) is 9.47 Å². The topological polar surface area (TPSA) is 63.7 Å². The average molecular weight is 406 g/mol. The summed E-state index contributed by atoms with van der Waals surface area (Å²) in [7, 11) is 1.63. The summed E-state index contributed by atoms with van der Waals surface area (Å²) in [5, 5.41) is 5.85. The summed E-state index contributed by atoms with van der Waals surface area (Å²) < 4.78 is 11.0. The number of hydrogen-bond donors (Lipinski definition) is 1. The lowest BCUT2D eigenvalue weighted by Gasteiger charge is -2.28. The molecule has 0 bridgehead atoms. The number of carbonyl (C=O) groups excluding carboxylic acids is 1. The van der Waals surface area contributed by atoms with Gasteiger partial charge < -0.3 is 19.7 Å². The van der Waals surface area contributed by atoms with Gasteiger partial charge in [0.05, 0.1) is 18.8 Å². The molecule has 154 valence electrons. The Hall–Kier alpha value is -2.12. The molecule has 1 N–H and O–H groups in total. The Morgan fingerprint density at radius 2 is 2.00 bits per heavy atom. The second-order valence-corrected chi connectivity index (χ2v) is 8.80. The SMILES string of the molecule is COCCN(Cc1csc(COc2ccc(C)c(C)c2)n1)C(=O)NC(C)(C)C. The fraction of sp³-hybridized carbons (Fsp3) is 0.524. The molecule has 0 aliphatic rings. The smallest absolute Gasteiger partial charge is 0.318 e. The molecule has 0 radical (unpaired) electrons. The first kappa shape index (κ1) is 22.2. The number of carbonyl (C=O) groups is 1. The number of hydrogen-bond acceptors (Lipinski definition) is 5. The minimum absolute atomic E-state index is 0.120. The summed E-state index contributed by atoms with van der Waals surface area (Å²) in [6, 6.07) is 5.94. The summed E-state index contributed by atoms with van der Waals surface area (Å²) >= 11 is 1.54. The zero-order valence-electron chi connectivity index (χ0n) is 17.7. The van der Waals surface area contributed by atoms with E-state index in [1.54, 1.807) is 23.3 Å². The van der Waals surface area contributed by atoms with E-state index in [2.05, 4.69) is 30.2 Å². The third-order valence-electron chi connectivity index (χ3n) is 4.13. The molecule has 0 saturated heterocycles. The van der Waals surface area contributed by atoms with Crippen molar-refractivity contribution in [3.8, 4) is 5.75 Å². The van der Waals surface area contributed by atoms with E-state index in [1.807, 2.05) is 38.3 Å². The zero-order valence-corrected chi connectivity index (χ0v) is 18.5. The van der Waals surface area contributed by atoms with Crippen LogP contribution < -0.4 is 10.1 Å². The summed E-state index contributed by atoms with van der Waals surface area (Å²) in [6.45, 7) is 11.9. The van der Waals surface area contributed by atoms with Gasteiger partial charge in [-0.05, 0) is 57.9 Å². The summed E-state index contributed by atoms with van der Waals surface area (Å²) in [6.07, 6.45) is 0. The van der Waals surface area contributed by atoms with E-state index in [-0.39, 0.29) is 11.6 Å². The first-order valence-corrected chi connectivity index (χ1v) is 10.3. The van der Waals surface area contributed by atoms with Gasteiger partial charge in [-0.1, -0.05) is 6.07 Å². The molecule has 0 atom stereocenters. The summed E-state index contributed by atoms with van der Waals surface area (Å²) in [5.74, 6) is 0.839. The molecule has 0 aliphatic heterocycles. The van der Waals surface area contributed by atoms with Crippen LogP contribution in [0.5, 0.6) is 5.75 Å². The van der Waals surface area contributed by atoms with Gasteiger partial charge in [0.1, 0.15) is 17.4 Å². The zero-order chi connectivity index (χ0) is 20.7. The molecule has 2 aromatic rings.